The third-order valence-corrected chi connectivity index (χ3v) is 4.07. The molecule has 0 atom stereocenters. The van der Waals surface area contributed by atoms with Gasteiger partial charge in [0.15, 0.2) is 5.75 Å². The van der Waals surface area contributed by atoms with Crippen molar-refractivity contribution in [3.8, 4) is 11.5 Å². The minimum Gasteiger partial charge on any atom is -0.478 e. The molecular formula is C21H14F3NO5. The van der Waals surface area contributed by atoms with E-state index in [1.54, 1.807) is 0 Å². The number of hydrogen-bond acceptors (Lipinski definition) is 4. The molecule has 3 N–H and O–H groups in total. The van der Waals surface area contributed by atoms with Crippen LogP contribution in [0.3, 0.4) is 0 Å². The zero-order valence-electron chi connectivity index (χ0n) is 15.1. The second-order valence-corrected chi connectivity index (χ2v) is 6.09. The summed E-state index contributed by atoms with van der Waals surface area (Å²) in [5, 5.41) is 21.3. The molecule has 0 saturated heterocycles. The van der Waals surface area contributed by atoms with Crippen molar-refractivity contribution in [3.05, 3.63) is 83.4 Å². The molecule has 0 aromatic heterocycles. The van der Waals surface area contributed by atoms with Crippen LogP contribution in [0.15, 0.2) is 66.7 Å². The number of carboxylic acid groups (broad SMARTS) is 2. The number of anilines is 2. The molecule has 0 unspecified atom stereocenters. The van der Waals surface area contributed by atoms with Gasteiger partial charge in [0.1, 0.15) is 11.3 Å². The van der Waals surface area contributed by atoms with Crippen LogP contribution in [-0.2, 0) is 6.18 Å². The van der Waals surface area contributed by atoms with E-state index in [9.17, 15) is 33.0 Å². The Morgan fingerprint density at radius 1 is 0.767 bits per heavy atom. The topological polar surface area (TPSA) is 95.9 Å². The molecule has 0 spiro atoms. The quantitative estimate of drug-likeness (QED) is 0.481. The largest absolute Gasteiger partial charge is 0.478 e. The average Bonchev–Trinajstić information content (AvgIpc) is 2.69. The number of para-hydroxylation sites is 2. The van der Waals surface area contributed by atoms with Gasteiger partial charge in [-0.25, -0.2) is 9.59 Å². The predicted molar refractivity (Wildman–Crippen MR) is 102 cm³/mol. The second kappa shape index (κ2) is 8.16. The number of aromatic carboxylic acids is 2. The molecule has 3 aromatic carbocycles. The highest BCUT2D eigenvalue weighted by Crippen LogP contribution is 2.39. The average molecular weight is 417 g/mol. The molecule has 9 heteroatoms. The molecule has 3 rings (SSSR count). The van der Waals surface area contributed by atoms with Crippen molar-refractivity contribution in [1.29, 1.82) is 0 Å². The van der Waals surface area contributed by atoms with E-state index >= 15 is 0 Å². The normalized spacial score (nSPS) is 11.0. The minimum absolute atomic E-state index is 0.0423. The number of nitrogens with one attached hydrogen (secondary N) is 1. The summed E-state index contributed by atoms with van der Waals surface area (Å²) in [6.45, 7) is 0. The molecule has 0 fully saturated rings. The molecule has 154 valence electrons. The summed E-state index contributed by atoms with van der Waals surface area (Å²) in [6.07, 6.45) is -4.65. The summed E-state index contributed by atoms with van der Waals surface area (Å²) in [7, 11) is 0. The van der Waals surface area contributed by atoms with Gasteiger partial charge < -0.3 is 20.3 Å². The van der Waals surface area contributed by atoms with Crippen molar-refractivity contribution in [2.75, 3.05) is 5.32 Å². The number of alkyl halides is 3. The highest BCUT2D eigenvalue weighted by atomic mass is 19.4. The molecule has 0 aliphatic heterocycles. The van der Waals surface area contributed by atoms with E-state index in [0.717, 1.165) is 18.2 Å². The van der Waals surface area contributed by atoms with Crippen LogP contribution in [0.1, 0.15) is 26.3 Å². The van der Waals surface area contributed by atoms with Crippen LogP contribution < -0.4 is 10.1 Å². The Morgan fingerprint density at radius 2 is 1.37 bits per heavy atom. The van der Waals surface area contributed by atoms with Crippen molar-refractivity contribution >= 4 is 23.3 Å². The third kappa shape index (κ3) is 4.52. The van der Waals surface area contributed by atoms with Crippen LogP contribution >= 0.6 is 0 Å². The van der Waals surface area contributed by atoms with Crippen LogP contribution in [0.5, 0.6) is 11.5 Å². The Morgan fingerprint density at radius 3 is 2.00 bits per heavy atom. The number of carboxylic acids is 2. The summed E-state index contributed by atoms with van der Waals surface area (Å²) in [4.78, 5) is 22.8. The summed E-state index contributed by atoms with van der Waals surface area (Å²) >= 11 is 0. The molecule has 0 amide bonds. The Hall–Kier alpha value is -4.01. The van der Waals surface area contributed by atoms with Gasteiger partial charge in [-0.3, -0.25) is 0 Å². The molecular weight excluding hydrogens is 403 g/mol. The molecule has 3 aromatic rings. The Bertz CT molecular complexity index is 1110. The molecule has 6 nitrogen and oxygen atoms in total. The van der Waals surface area contributed by atoms with Gasteiger partial charge in [-0.15, -0.1) is 0 Å². The summed E-state index contributed by atoms with van der Waals surface area (Å²) < 4.78 is 45.2. The van der Waals surface area contributed by atoms with Gasteiger partial charge in [-0.1, -0.05) is 24.3 Å². The fraction of sp³-hybridized carbons (Fsp3) is 0.0476. The van der Waals surface area contributed by atoms with Crippen molar-refractivity contribution in [1.82, 2.24) is 0 Å². The zero-order valence-corrected chi connectivity index (χ0v) is 15.1. The third-order valence-electron chi connectivity index (χ3n) is 4.07. The van der Waals surface area contributed by atoms with Crippen LogP contribution in [0.25, 0.3) is 0 Å². The van der Waals surface area contributed by atoms with Crippen molar-refractivity contribution in [2.45, 2.75) is 6.18 Å². The van der Waals surface area contributed by atoms with Crippen molar-refractivity contribution in [3.63, 3.8) is 0 Å². The fourth-order valence-corrected chi connectivity index (χ4v) is 2.67. The first-order chi connectivity index (χ1) is 14.2. The van der Waals surface area contributed by atoms with E-state index in [1.165, 1.54) is 48.5 Å². The number of hydrogen-bond donors (Lipinski definition) is 3. The molecule has 0 aliphatic carbocycles. The summed E-state index contributed by atoms with van der Waals surface area (Å²) in [5.74, 6) is -2.75. The first kappa shape index (κ1) is 20.7. The molecule has 30 heavy (non-hydrogen) atoms. The lowest BCUT2D eigenvalue weighted by Crippen LogP contribution is -2.08. The number of halogens is 3. The van der Waals surface area contributed by atoms with Crippen molar-refractivity contribution < 1.29 is 37.7 Å². The van der Waals surface area contributed by atoms with E-state index in [2.05, 4.69) is 5.32 Å². The van der Waals surface area contributed by atoms with Gasteiger partial charge >= 0.3 is 18.1 Å². The maximum Gasteiger partial charge on any atom is 0.416 e. The van der Waals surface area contributed by atoms with Crippen molar-refractivity contribution in [2.24, 2.45) is 0 Å². The van der Waals surface area contributed by atoms with E-state index in [-0.39, 0.29) is 34.0 Å². The van der Waals surface area contributed by atoms with Gasteiger partial charge in [0.05, 0.1) is 22.5 Å². The van der Waals surface area contributed by atoms with Crippen LogP contribution in [0.4, 0.5) is 24.5 Å². The first-order valence-electron chi connectivity index (χ1n) is 8.47. The lowest BCUT2D eigenvalue weighted by atomic mass is 10.1. The lowest BCUT2D eigenvalue weighted by molar-refractivity contribution is -0.137. The molecule has 0 radical (unpaired) electrons. The van der Waals surface area contributed by atoms with E-state index in [4.69, 9.17) is 4.74 Å². The lowest BCUT2D eigenvalue weighted by Gasteiger charge is -2.17. The summed E-state index contributed by atoms with van der Waals surface area (Å²) in [5.41, 5.74) is -1.47. The molecule has 0 bridgehead atoms. The van der Waals surface area contributed by atoms with E-state index in [0.29, 0.717) is 0 Å². The van der Waals surface area contributed by atoms with Gasteiger partial charge in [0, 0.05) is 0 Å². The number of ether oxygens (including phenoxy) is 1. The Balaban J connectivity index is 2.09. The number of benzene rings is 3. The standard InChI is InChI=1S/C21H14F3NO5/c22-21(23,24)12-9-10-18(30-17-8-4-2-6-14(17)20(28)29)16(11-12)25-15-7-3-1-5-13(15)19(26)27/h1-11,25H,(H,26,27)(H,28,29). The van der Waals surface area contributed by atoms with Crippen LogP contribution in [0, 0.1) is 0 Å². The molecule has 0 saturated carbocycles. The summed E-state index contributed by atoms with van der Waals surface area (Å²) in [6, 6.07) is 13.9. The monoisotopic (exact) mass is 417 g/mol. The van der Waals surface area contributed by atoms with Crippen LogP contribution in [-0.4, -0.2) is 22.2 Å². The SMILES string of the molecule is O=C(O)c1ccccc1Nc1cc(C(F)(F)F)ccc1Oc1ccccc1C(=O)O. The highest BCUT2D eigenvalue weighted by molar-refractivity contribution is 5.95. The van der Waals surface area contributed by atoms with Gasteiger partial charge in [-0.2, -0.15) is 13.2 Å². The van der Waals surface area contributed by atoms with Gasteiger partial charge in [0.2, 0.25) is 0 Å². The second-order valence-electron chi connectivity index (χ2n) is 6.09. The maximum atomic E-state index is 13.2. The molecule has 0 aliphatic rings. The van der Waals surface area contributed by atoms with Crippen LogP contribution in [0.2, 0.25) is 0 Å². The minimum atomic E-state index is -4.65. The smallest absolute Gasteiger partial charge is 0.416 e. The van der Waals surface area contributed by atoms with Gasteiger partial charge in [0.25, 0.3) is 0 Å². The van der Waals surface area contributed by atoms with Gasteiger partial charge in [-0.05, 0) is 42.5 Å². The number of carbonyl (C=O) groups is 2. The zero-order chi connectivity index (χ0) is 21.9. The fourth-order valence-electron chi connectivity index (χ4n) is 2.67. The highest BCUT2D eigenvalue weighted by Gasteiger charge is 2.31. The predicted octanol–water partition coefficient (Wildman–Crippen LogP) is 5.64. The first-order valence-corrected chi connectivity index (χ1v) is 8.47. The molecule has 0 heterocycles. The van der Waals surface area contributed by atoms with E-state index in [1.807, 2.05) is 0 Å². The maximum absolute atomic E-state index is 13.2. The van der Waals surface area contributed by atoms with E-state index < -0.39 is 23.7 Å². The Labute approximate surface area is 168 Å². The Kier molecular flexibility index (Phi) is 5.63. The number of rotatable bonds is 6.